The zero-order valence-electron chi connectivity index (χ0n) is 14.7. The molecule has 1 aliphatic rings. The first-order valence-corrected chi connectivity index (χ1v) is 9.84. The van der Waals surface area contributed by atoms with Gasteiger partial charge in [0, 0.05) is 28.5 Å². The van der Waals surface area contributed by atoms with Crippen molar-refractivity contribution in [3.8, 4) is 0 Å². The molecular weight excluding hydrogens is 340 g/mol. The average molecular weight is 362 g/mol. The van der Waals surface area contributed by atoms with Crippen molar-refractivity contribution >= 4 is 34.0 Å². The van der Waals surface area contributed by atoms with E-state index in [1.54, 1.807) is 11.8 Å². The van der Waals surface area contributed by atoms with Gasteiger partial charge < -0.3 is 10.3 Å². The van der Waals surface area contributed by atoms with Crippen LogP contribution in [0.3, 0.4) is 0 Å². The molecule has 3 aromatic rings. The molecule has 2 unspecified atom stereocenters. The number of Topliss-reactive ketones (excluding diaryl/α,β-unsaturated/α-hetero) is 1. The second kappa shape index (κ2) is 7.52. The lowest BCUT2D eigenvalue weighted by atomic mass is 9.92. The number of rotatable bonds is 5. The van der Waals surface area contributed by atoms with Gasteiger partial charge in [-0.2, -0.15) is 0 Å². The molecule has 0 fully saturated rings. The fourth-order valence-corrected chi connectivity index (χ4v) is 4.56. The van der Waals surface area contributed by atoms with Gasteiger partial charge in [-0.15, -0.1) is 11.8 Å². The van der Waals surface area contributed by atoms with Crippen LogP contribution in [0.1, 0.15) is 18.9 Å². The molecule has 0 saturated heterocycles. The summed E-state index contributed by atoms with van der Waals surface area (Å²) in [5.74, 6) is 0.266. The SMILES string of the molecule is CC(Sc1c[nH]c2ccccc12)C(=O)C1CC(c2ccccc2)=CCN1. The molecule has 1 aromatic heterocycles. The number of ketones is 1. The Morgan fingerprint density at radius 3 is 2.73 bits per heavy atom. The van der Waals surface area contributed by atoms with Gasteiger partial charge in [0.25, 0.3) is 0 Å². The van der Waals surface area contributed by atoms with E-state index in [4.69, 9.17) is 0 Å². The van der Waals surface area contributed by atoms with Crippen LogP contribution >= 0.6 is 11.8 Å². The van der Waals surface area contributed by atoms with Crippen LogP contribution < -0.4 is 5.32 Å². The number of benzene rings is 2. The second-order valence-electron chi connectivity index (χ2n) is 6.62. The molecule has 2 N–H and O–H groups in total. The zero-order chi connectivity index (χ0) is 17.9. The lowest BCUT2D eigenvalue weighted by Crippen LogP contribution is -2.43. The van der Waals surface area contributed by atoms with Crippen molar-refractivity contribution < 1.29 is 4.79 Å². The number of thioether (sulfide) groups is 1. The van der Waals surface area contributed by atoms with Crippen LogP contribution in [0.15, 0.2) is 71.8 Å². The summed E-state index contributed by atoms with van der Waals surface area (Å²) in [6, 6.07) is 18.4. The smallest absolute Gasteiger partial charge is 0.163 e. The summed E-state index contributed by atoms with van der Waals surface area (Å²) in [6.07, 6.45) is 4.95. The Balaban J connectivity index is 1.46. The molecule has 2 atom stereocenters. The number of aromatic amines is 1. The molecule has 1 aliphatic heterocycles. The highest BCUT2D eigenvalue weighted by atomic mass is 32.2. The topological polar surface area (TPSA) is 44.9 Å². The van der Waals surface area contributed by atoms with Gasteiger partial charge in [-0.25, -0.2) is 0 Å². The fourth-order valence-electron chi connectivity index (χ4n) is 3.46. The van der Waals surface area contributed by atoms with Gasteiger partial charge in [-0.3, -0.25) is 4.79 Å². The van der Waals surface area contributed by atoms with E-state index in [1.807, 2.05) is 43.5 Å². The zero-order valence-corrected chi connectivity index (χ0v) is 15.6. The Morgan fingerprint density at radius 2 is 1.88 bits per heavy atom. The number of hydrogen-bond donors (Lipinski definition) is 2. The Hall–Kier alpha value is -2.30. The first-order valence-electron chi connectivity index (χ1n) is 8.96. The van der Waals surface area contributed by atoms with Gasteiger partial charge >= 0.3 is 0 Å². The van der Waals surface area contributed by atoms with E-state index in [9.17, 15) is 4.79 Å². The van der Waals surface area contributed by atoms with Crippen LogP contribution in [0.25, 0.3) is 16.5 Å². The van der Waals surface area contributed by atoms with Crippen LogP contribution in [0, 0.1) is 0 Å². The predicted molar refractivity (Wildman–Crippen MR) is 109 cm³/mol. The van der Waals surface area contributed by atoms with Crippen molar-refractivity contribution in [1.29, 1.82) is 0 Å². The first kappa shape index (κ1) is 17.1. The normalized spacial score (nSPS) is 18.5. The monoisotopic (exact) mass is 362 g/mol. The molecule has 0 bridgehead atoms. The molecular formula is C22H22N2OS. The molecule has 132 valence electrons. The maximum absolute atomic E-state index is 13.0. The molecule has 0 radical (unpaired) electrons. The minimum atomic E-state index is -0.122. The van der Waals surface area contributed by atoms with E-state index in [0.717, 1.165) is 23.4 Å². The van der Waals surface area contributed by atoms with E-state index in [0.29, 0.717) is 0 Å². The highest BCUT2D eigenvalue weighted by Crippen LogP contribution is 2.32. The minimum absolute atomic E-state index is 0.0955. The van der Waals surface area contributed by atoms with Crippen LogP contribution in [0.5, 0.6) is 0 Å². The molecule has 2 aromatic carbocycles. The molecule has 0 aliphatic carbocycles. The highest BCUT2D eigenvalue weighted by Gasteiger charge is 2.27. The molecule has 4 rings (SSSR count). The molecule has 0 spiro atoms. The van der Waals surface area contributed by atoms with Crippen molar-refractivity contribution in [2.24, 2.45) is 0 Å². The van der Waals surface area contributed by atoms with Crippen molar-refractivity contribution in [3.05, 3.63) is 72.4 Å². The van der Waals surface area contributed by atoms with Gasteiger partial charge in [-0.1, -0.05) is 54.6 Å². The number of hydrogen-bond acceptors (Lipinski definition) is 3. The maximum Gasteiger partial charge on any atom is 0.163 e. The predicted octanol–water partition coefficient (Wildman–Crippen LogP) is 4.66. The second-order valence-corrected chi connectivity index (χ2v) is 8.00. The summed E-state index contributed by atoms with van der Waals surface area (Å²) in [5, 5.41) is 4.45. The number of aromatic nitrogens is 1. The summed E-state index contributed by atoms with van der Waals surface area (Å²) in [4.78, 5) is 17.4. The third-order valence-corrected chi connectivity index (χ3v) is 6.06. The summed E-state index contributed by atoms with van der Waals surface area (Å²) >= 11 is 1.64. The molecule has 3 nitrogen and oxygen atoms in total. The van der Waals surface area contributed by atoms with Gasteiger partial charge in [0.1, 0.15) is 0 Å². The van der Waals surface area contributed by atoms with Crippen molar-refractivity contribution in [1.82, 2.24) is 10.3 Å². The lowest BCUT2D eigenvalue weighted by Gasteiger charge is -2.25. The quantitative estimate of drug-likeness (QED) is 0.649. The van der Waals surface area contributed by atoms with E-state index < -0.39 is 0 Å². The Labute approximate surface area is 157 Å². The molecule has 0 saturated carbocycles. The number of fused-ring (bicyclic) bond motifs is 1. The van der Waals surface area contributed by atoms with E-state index >= 15 is 0 Å². The maximum atomic E-state index is 13.0. The van der Waals surface area contributed by atoms with E-state index in [-0.39, 0.29) is 17.1 Å². The summed E-state index contributed by atoms with van der Waals surface area (Å²) < 4.78 is 0. The van der Waals surface area contributed by atoms with E-state index in [1.165, 1.54) is 16.5 Å². The fraction of sp³-hybridized carbons (Fsp3) is 0.227. The molecule has 0 amide bonds. The minimum Gasteiger partial charge on any atom is -0.360 e. The van der Waals surface area contributed by atoms with Crippen molar-refractivity contribution in [2.45, 2.75) is 29.5 Å². The third-order valence-electron chi connectivity index (χ3n) is 4.88. The van der Waals surface area contributed by atoms with Crippen molar-refractivity contribution in [2.75, 3.05) is 6.54 Å². The largest absolute Gasteiger partial charge is 0.360 e. The third kappa shape index (κ3) is 3.48. The number of para-hydroxylation sites is 1. The Bertz CT molecular complexity index is 945. The van der Waals surface area contributed by atoms with E-state index in [2.05, 4.69) is 40.6 Å². The van der Waals surface area contributed by atoms with Crippen LogP contribution in [-0.4, -0.2) is 28.6 Å². The molecule has 26 heavy (non-hydrogen) atoms. The lowest BCUT2D eigenvalue weighted by molar-refractivity contribution is -0.120. The van der Waals surface area contributed by atoms with Gasteiger partial charge in [-0.05, 0) is 30.5 Å². The Morgan fingerprint density at radius 1 is 1.12 bits per heavy atom. The van der Waals surface area contributed by atoms with Crippen LogP contribution in [-0.2, 0) is 4.79 Å². The number of H-pyrrole nitrogens is 1. The van der Waals surface area contributed by atoms with Crippen LogP contribution in [0.4, 0.5) is 0 Å². The number of carbonyl (C=O) groups excluding carboxylic acids is 1. The molecule has 4 heteroatoms. The highest BCUT2D eigenvalue weighted by molar-refractivity contribution is 8.00. The summed E-state index contributed by atoms with van der Waals surface area (Å²) in [5.41, 5.74) is 3.58. The standard InChI is InChI=1S/C22H22N2OS/c1-15(26-21-14-24-19-10-6-5-9-18(19)21)22(25)20-13-17(11-12-23-20)16-7-3-2-4-8-16/h2-11,14-15,20,23-24H,12-13H2,1H3. The number of nitrogens with one attached hydrogen (secondary N) is 2. The first-order chi connectivity index (χ1) is 12.7. The number of carbonyl (C=O) groups is 1. The van der Waals surface area contributed by atoms with Crippen molar-refractivity contribution in [3.63, 3.8) is 0 Å². The average Bonchev–Trinajstić information content (AvgIpc) is 3.11. The summed E-state index contributed by atoms with van der Waals surface area (Å²) in [6.45, 7) is 2.75. The Kier molecular flexibility index (Phi) is 4.96. The van der Waals surface area contributed by atoms with Crippen LogP contribution in [0.2, 0.25) is 0 Å². The molecule has 2 heterocycles. The van der Waals surface area contributed by atoms with Gasteiger partial charge in [0.2, 0.25) is 0 Å². The van der Waals surface area contributed by atoms with Gasteiger partial charge in [0.15, 0.2) is 5.78 Å². The summed E-state index contributed by atoms with van der Waals surface area (Å²) in [7, 11) is 0. The van der Waals surface area contributed by atoms with Gasteiger partial charge in [0.05, 0.1) is 11.3 Å².